The van der Waals surface area contributed by atoms with Crippen molar-refractivity contribution >= 4 is 21.6 Å². The largest absolute Gasteiger partial charge is 0.325 e. The average Bonchev–Trinajstić information content (AvgIpc) is 2.92. The van der Waals surface area contributed by atoms with Gasteiger partial charge in [0.2, 0.25) is 10.0 Å². The van der Waals surface area contributed by atoms with Gasteiger partial charge in [-0.25, -0.2) is 8.42 Å². The van der Waals surface area contributed by atoms with Crippen molar-refractivity contribution in [3.63, 3.8) is 0 Å². The Morgan fingerprint density at radius 1 is 1.15 bits per heavy atom. The molecule has 1 aromatic carbocycles. The number of anilines is 1. The molecule has 1 heterocycles. The molecule has 0 aromatic heterocycles. The summed E-state index contributed by atoms with van der Waals surface area (Å²) in [6.45, 7) is 10.3. The second kappa shape index (κ2) is 9.66. The number of nitrogens with one attached hydrogen (secondary N) is 2. The van der Waals surface area contributed by atoms with Crippen LogP contribution in [0.5, 0.6) is 0 Å². The Labute approximate surface area is 164 Å². The Morgan fingerprint density at radius 3 is 2.30 bits per heavy atom. The predicted molar refractivity (Wildman–Crippen MR) is 109 cm³/mol. The molecule has 152 valence electrons. The van der Waals surface area contributed by atoms with Gasteiger partial charge in [0.05, 0.1) is 18.0 Å². The molecule has 1 aliphatic heterocycles. The number of amides is 1. The number of aryl methyl sites for hydroxylation is 1. The van der Waals surface area contributed by atoms with E-state index in [4.69, 9.17) is 0 Å². The van der Waals surface area contributed by atoms with Crippen LogP contribution in [0.1, 0.15) is 52.0 Å². The fourth-order valence-corrected chi connectivity index (χ4v) is 5.42. The number of benzene rings is 1. The molecule has 1 amide bonds. The first kappa shape index (κ1) is 21.9. The van der Waals surface area contributed by atoms with Crippen LogP contribution in [0.4, 0.5) is 5.69 Å². The number of nitrogens with zero attached hydrogens (tertiary/aromatic N) is 1. The van der Waals surface area contributed by atoms with E-state index in [0.29, 0.717) is 24.3 Å². The lowest BCUT2D eigenvalue weighted by molar-refractivity contribution is -0.913. The second-order valence-corrected chi connectivity index (χ2v) is 9.26. The summed E-state index contributed by atoms with van der Waals surface area (Å²) in [7, 11) is -3.56. The van der Waals surface area contributed by atoms with Crippen molar-refractivity contribution in [2.45, 2.75) is 64.3 Å². The van der Waals surface area contributed by atoms with Crippen molar-refractivity contribution in [2.75, 3.05) is 31.5 Å². The molecular formula is C20H34N3O3S+. The molecule has 1 atom stereocenters. The van der Waals surface area contributed by atoms with Gasteiger partial charge in [0.15, 0.2) is 6.04 Å². The lowest BCUT2D eigenvalue weighted by Gasteiger charge is -2.24. The summed E-state index contributed by atoms with van der Waals surface area (Å²) >= 11 is 0. The summed E-state index contributed by atoms with van der Waals surface area (Å²) in [6.07, 6.45) is 4.79. The highest BCUT2D eigenvalue weighted by Crippen LogP contribution is 2.23. The molecule has 1 aromatic rings. The smallest absolute Gasteiger partial charge is 0.282 e. The number of hydrogen-bond donors (Lipinski definition) is 2. The van der Waals surface area contributed by atoms with E-state index in [1.807, 2.05) is 20.8 Å². The molecule has 2 N–H and O–H groups in total. The van der Waals surface area contributed by atoms with E-state index < -0.39 is 10.0 Å². The van der Waals surface area contributed by atoms with Gasteiger partial charge in [-0.3, -0.25) is 4.79 Å². The molecule has 0 bridgehead atoms. The lowest BCUT2D eigenvalue weighted by atomic mass is 10.2. The zero-order chi connectivity index (χ0) is 20.0. The minimum absolute atomic E-state index is 0.0538. The fraction of sp³-hybridized carbons (Fsp3) is 0.650. The number of carbonyl (C=O) groups is 1. The molecule has 0 aliphatic carbocycles. The summed E-state index contributed by atoms with van der Waals surface area (Å²) in [5, 5.41) is 2.93. The number of likely N-dealkylation sites (tertiary alicyclic amines) is 1. The number of carbonyl (C=O) groups excluding carboxylic acids is 1. The zero-order valence-corrected chi connectivity index (χ0v) is 17.9. The molecule has 0 spiro atoms. The van der Waals surface area contributed by atoms with Crippen LogP contribution in [-0.2, 0) is 14.8 Å². The first-order chi connectivity index (χ1) is 12.8. The second-order valence-electron chi connectivity index (χ2n) is 7.35. The van der Waals surface area contributed by atoms with E-state index in [-0.39, 0.29) is 16.8 Å². The van der Waals surface area contributed by atoms with Crippen LogP contribution in [0.15, 0.2) is 23.1 Å². The standard InChI is InChI=1S/C20H33N3O3S/c1-5-23(6-2)27(25,26)19-15-18(12-11-16(19)3)21-20(24)17(4)22-13-9-7-8-10-14-22/h11-12,15,17H,5-10,13-14H2,1-4H3,(H,21,24)/p+1/t17-/m1/s1. The molecule has 27 heavy (non-hydrogen) atoms. The Morgan fingerprint density at radius 2 is 1.74 bits per heavy atom. The van der Waals surface area contributed by atoms with Crippen molar-refractivity contribution in [3.05, 3.63) is 23.8 Å². The van der Waals surface area contributed by atoms with Gasteiger partial charge in [0.25, 0.3) is 5.91 Å². The number of rotatable bonds is 7. The third-order valence-corrected chi connectivity index (χ3v) is 7.72. The van der Waals surface area contributed by atoms with Gasteiger partial charge in [-0.2, -0.15) is 4.31 Å². The Hall–Kier alpha value is -1.44. The lowest BCUT2D eigenvalue weighted by Crippen LogP contribution is -3.16. The SMILES string of the molecule is CCN(CC)S(=O)(=O)c1cc(NC(=O)[C@@H](C)[NH+]2CCCCCC2)ccc1C. The van der Waals surface area contributed by atoms with E-state index in [1.165, 1.54) is 22.0 Å². The van der Waals surface area contributed by atoms with Gasteiger partial charge in [0.1, 0.15) is 0 Å². The topological polar surface area (TPSA) is 70.9 Å². The van der Waals surface area contributed by atoms with Crippen molar-refractivity contribution in [3.8, 4) is 0 Å². The summed E-state index contributed by atoms with van der Waals surface area (Å²) in [5.41, 5.74) is 1.23. The van der Waals surface area contributed by atoms with E-state index in [1.54, 1.807) is 25.1 Å². The average molecular weight is 397 g/mol. The maximum Gasteiger partial charge on any atom is 0.282 e. The summed E-state index contributed by atoms with van der Waals surface area (Å²) in [6, 6.07) is 4.98. The summed E-state index contributed by atoms with van der Waals surface area (Å²) < 4.78 is 27.2. The molecule has 6 nitrogen and oxygen atoms in total. The van der Waals surface area contributed by atoms with E-state index >= 15 is 0 Å². The third-order valence-electron chi connectivity index (χ3n) is 5.53. The Bertz CT molecular complexity index is 737. The molecule has 0 unspecified atom stereocenters. The van der Waals surface area contributed by atoms with Crippen LogP contribution in [0.2, 0.25) is 0 Å². The fourth-order valence-electron chi connectivity index (χ4n) is 3.71. The van der Waals surface area contributed by atoms with Gasteiger partial charge in [-0.15, -0.1) is 0 Å². The quantitative estimate of drug-likeness (QED) is 0.738. The molecule has 2 rings (SSSR count). The maximum absolute atomic E-state index is 12.9. The van der Waals surface area contributed by atoms with Gasteiger partial charge >= 0.3 is 0 Å². The van der Waals surface area contributed by atoms with Crippen molar-refractivity contribution in [1.29, 1.82) is 0 Å². The van der Waals surface area contributed by atoms with Crippen LogP contribution in [0.25, 0.3) is 0 Å². The van der Waals surface area contributed by atoms with Crippen molar-refractivity contribution in [1.82, 2.24) is 4.31 Å². The van der Waals surface area contributed by atoms with Gasteiger partial charge in [-0.1, -0.05) is 19.9 Å². The molecule has 1 saturated heterocycles. The summed E-state index contributed by atoms with van der Waals surface area (Å²) in [4.78, 5) is 14.3. The van der Waals surface area contributed by atoms with Gasteiger partial charge in [0, 0.05) is 18.8 Å². The first-order valence-corrected chi connectivity index (χ1v) is 11.5. The third kappa shape index (κ3) is 5.30. The predicted octanol–water partition coefficient (Wildman–Crippen LogP) is 1.81. The van der Waals surface area contributed by atoms with Crippen LogP contribution >= 0.6 is 0 Å². The molecule has 7 heteroatoms. The molecular weight excluding hydrogens is 362 g/mol. The van der Waals surface area contributed by atoms with E-state index in [9.17, 15) is 13.2 Å². The molecule has 0 saturated carbocycles. The minimum Gasteiger partial charge on any atom is -0.325 e. The number of hydrogen-bond acceptors (Lipinski definition) is 3. The zero-order valence-electron chi connectivity index (χ0n) is 17.0. The minimum atomic E-state index is -3.56. The molecule has 1 aliphatic rings. The highest BCUT2D eigenvalue weighted by Gasteiger charge is 2.27. The first-order valence-electron chi connectivity index (χ1n) is 10.1. The highest BCUT2D eigenvalue weighted by molar-refractivity contribution is 7.89. The van der Waals surface area contributed by atoms with Crippen molar-refractivity contribution < 1.29 is 18.1 Å². The van der Waals surface area contributed by atoms with Crippen LogP contribution in [-0.4, -0.2) is 50.9 Å². The van der Waals surface area contributed by atoms with Crippen LogP contribution in [0, 0.1) is 6.92 Å². The van der Waals surface area contributed by atoms with Gasteiger partial charge < -0.3 is 10.2 Å². The monoisotopic (exact) mass is 396 g/mol. The van der Waals surface area contributed by atoms with E-state index in [2.05, 4.69) is 5.32 Å². The Balaban J connectivity index is 2.18. The normalized spacial score (nSPS) is 17.5. The summed E-state index contributed by atoms with van der Waals surface area (Å²) in [5.74, 6) is -0.0538. The van der Waals surface area contributed by atoms with Crippen LogP contribution < -0.4 is 10.2 Å². The maximum atomic E-state index is 12.9. The number of quaternary nitrogens is 1. The molecule has 0 radical (unpaired) electrons. The Kier molecular flexibility index (Phi) is 7.82. The van der Waals surface area contributed by atoms with Crippen molar-refractivity contribution in [2.24, 2.45) is 0 Å². The van der Waals surface area contributed by atoms with E-state index in [0.717, 1.165) is 25.9 Å². The van der Waals surface area contributed by atoms with Gasteiger partial charge in [-0.05, 0) is 57.2 Å². The van der Waals surface area contributed by atoms with Crippen LogP contribution in [0.3, 0.4) is 0 Å². The molecule has 1 fully saturated rings. The number of sulfonamides is 1. The highest BCUT2D eigenvalue weighted by atomic mass is 32.2.